The van der Waals surface area contributed by atoms with E-state index < -0.39 is 84.7 Å². The lowest BCUT2D eigenvalue weighted by Crippen LogP contribution is -2.57. The summed E-state index contributed by atoms with van der Waals surface area (Å²) < 4.78 is 0. The number of nitrogens with one attached hydrogen (secondary N) is 4. The Morgan fingerprint density at radius 2 is 1.39 bits per heavy atom. The Bertz CT molecular complexity index is 848. The van der Waals surface area contributed by atoms with Crippen LogP contribution in [0.2, 0.25) is 0 Å². The lowest BCUT2D eigenvalue weighted by molar-refractivity contribution is -0.138. The molecule has 6 atom stereocenters. The summed E-state index contributed by atoms with van der Waals surface area (Å²) in [6, 6.07) is -4.99. The van der Waals surface area contributed by atoms with E-state index in [4.69, 9.17) is 16.6 Å². The lowest BCUT2D eigenvalue weighted by Gasteiger charge is -2.30. The first-order valence-electron chi connectivity index (χ1n) is 12.6. The zero-order valence-electron chi connectivity index (χ0n) is 22.9. The van der Waals surface area contributed by atoms with Gasteiger partial charge in [-0.15, -0.1) is 0 Å². The lowest BCUT2D eigenvalue weighted by atomic mass is 9.95. The van der Waals surface area contributed by atoms with Crippen molar-refractivity contribution >= 4 is 35.5 Å². The molecule has 5 amide bonds. The Labute approximate surface area is 223 Å². The first-order chi connectivity index (χ1) is 17.5. The van der Waals surface area contributed by atoms with Crippen LogP contribution < -0.4 is 32.7 Å². The van der Waals surface area contributed by atoms with Crippen LogP contribution in [0.15, 0.2) is 0 Å². The van der Waals surface area contributed by atoms with E-state index in [0.717, 1.165) is 0 Å². The molecule has 0 aliphatic heterocycles. The largest absolute Gasteiger partial charge is 0.481 e. The molecule has 218 valence electrons. The predicted octanol–water partition coefficient (Wildman–Crippen LogP) is -1.90. The minimum Gasteiger partial charge on any atom is -0.481 e. The van der Waals surface area contributed by atoms with Crippen LogP contribution in [0.25, 0.3) is 0 Å². The first-order valence-corrected chi connectivity index (χ1v) is 12.6. The summed E-state index contributed by atoms with van der Waals surface area (Å²) in [6.07, 6.45) is -2.30. The Morgan fingerprint density at radius 1 is 0.816 bits per heavy atom. The van der Waals surface area contributed by atoms with E-state index in [9.17, 15) is 33.9 Å². The molecule has 0 fully saturated rings. The van der Waals surface area contributed by atoms with Gasteiger partial charge in [-0.1, -0.05) is 27.7 Å². The highest BCUT2D eigenvalue weighted by atomic mass is 16.4. The van der Waals surface area contributed by atoms with E-state index >= 15 is 0 Å². The van der Waals surface area contributed by atoms with E-state index in [1.165, 1.54) is 13.8 Å². The average molecular weight is 545 g/mol. The SMILES string of the molecule is CC(C)C[C@H](NC(=O)[C@@H](NC(=O)[C@H](C)N)C(C)C)[C@@H](O)CC(=O)N[C@@H](CCC(=O)O)C(=O)N[C@@H](C)C(N)=O. The number of carboxylic acids is 1. The van der Waals surface area contributed by atoms with Crippen LogP contribution in [-0.4, -0.2) is 82.0 Å². The van der Waals surface area contributed by atoms with Crippen molar-refractivity contribution < 1.29 is 39.0 Å². The van der Waals surface area contributed by atoms with Crippen molar-refractivity contribution in [2.75, 3.05) is 0 Å². The van der Waals surface area contributed by atoms with Gasteiger partial charge in [-0.25, -0.2) is 0 Å². The van der Waals surface area contributed by atoms with Gasteiger partial charge in [0.25, 0.3) is 0 Å². The highest BCUT2D eigenvalue weighted by Crippen LogP contribution is 2.13. The highest BCUT2D eigenvalue weighted by Gasteiger charge is 2.32. The van der Waals surface area contributed by atoms with E-state index in [-0.39, 0.29) is 18.3 Å². The molecule has 38 heavy (non-hydrogen) atoms. The smallest absolute Gasteiger partial charge is 0.303 e. The molecular weight excluding hydrogens is 500 g/mol. The summed E-state index contributed by atoms with van der Waals surface area (Å²) in [5, 5.41) is 29.7. The molecule has 0 aromatic heterocycles. The third-order valence-electron chi connectivity index (χ3n) is 5.66. The van der Waals surface area contributed by atoms with Crippen LogP contribution in [0.4, 0.5) is 0 Å². The Morgan fingerprint density at radius 3 is 1.84 bits per heavy atom. The van der Waals surface area contributed by atoms with E-state index in [0.29, 0.717) is 6.42 Å². The molecule has 10 N–H and O–H groups in total. The summed E-state index contributed by atoms with van der Waals surface area (Å²) in [4.78, 5) is 72.5. The van der Waals surface area contributed by atoms with Crippen LogP contribution in [0.3, 0.4) is 0 Å². The standard InChI is InChI=1S/C24H44N6O8/c1-11(2)9-16(29-24(38)20(12(3)4)30-22(36)13(5)25)17(31)10-18(32)28-15(7-8-19(33)34)23(37)27-14(6)21(26)35/h11-17,20,31H,7-10,25H2,1-6H3,(H2,26,35)(H,27,37)(H,28,32)(H,29,38)(H,30,36)(H,33,34)/t13-,14-,15-,16-,17-,20-/m0/s1. The van der Waals surface area contributed by atoms with Crippen LogP contribution in [0, 0.1) is 11.8 Å². The van der Waals surface area contributed by atoms with Gasteiger partial charge in [0.1, 0.15) is 18.1 Å². The van der Waals surface area contributed by atoms with Gasteiger partial charge >= 0.3 is 5.97 Å². The van der Waals surface area contributed by atoms with Gasteiger partial charge in [-0.05, 0) is 38.5 Å². The molecule has 14 nitrogen and oxygen atoms in total. The summed E-state index contributed by atoms with van der Waals surface area (Å²) in [5.41, 5.74) is 10.7. The number of carbonyl (C=O) groups is 6. The van der Waals surface area contributed by atoms with E-state index in [2.05, 4.69) is 21.3 Å². The molecule has 0 unspecified atom stereocenters. The number of rotatable bonds is 17. The van der Waals surface area contributed by atoms with E-state index in [1.54, 1.807) is 13.8 Å². The molecule has 0 radical (unpaired) electrons. The minimum absolute atomic E-state index is 0.0125. The summed E-state index contributed by atoms with van der Waals surface area (Å²) >= 11 is 0. The van der Waals surface area contributed by atoms with Crippen molar-refractivity contribution in [1.29, 1.82) is 0 Å². The Kier molecular flexibility index (Phi) is 15.1. The molecule has 0 aliphatic rings. The third-order valence-corrected chi connectivity index (χ3v) is 5.66. The van der Waals surface area contributed by atoms with Crippen LogP contribution in [-0.2, 0) is 28.8 Å². The maximum absolute atomic E-state index is 13.0. The van der Waals surface area contributed by atoms with Gasteiger partial charge in [-0.3, -0.25) is 28.8 Å². The fourth-order valence-electron chi connectivity index (χ4n) is 3.42. The van der Waals surface area contributed by atoms with Gasteiger partial charge in [0.2, 0.25) is 29.5 Å². The number of amides is 5. The van der Waals surface area contributed by atoms with Crippen LogP contribution in [0.1, 0.15) is 67.2 Å². The summed E-state index contributed by atoms with van der Waals surface area (Å²) in [6.45, 7) is 9.99. The Hall–Kier alpha value is -3.26. The number of aliphatic carboxylic acids is 1. The van der Waals surface area contributed by atoms with Crippen LogP contribution >= 0.6 is 0 Å². The van der Waals surface area contributed by atoms with Gasteiger partial charge in [0.15, 0.2) is 0 Å². The Balaban J connectivity index is 5.52. The molecule has 0 saturated heterocycles. The monoisotopic (exact) mass is 544 g/mol. The summed E-state index contributed by atoms with van der Waals surface area (Å²) in [5.74, 6) is -4.96. The zero-order valence-corrected chi connectivity index (χ0v) is 22.9. The van der Waals surface area contributed by atoms with Crippen LogP contribution in [0.5, 0.6) is 0 Å². The van der Waals surface area contributed by atoms with Crippen molar-refractivity contribution in [3.05, 3.63) is 0 Å². The molecule has 0 aromatic carbocycles. The van der Waals surface area contributed by atoms with Crippen molar-refractivity contribution in [2.24, 2.45) is 23.3 Å². The van der Waals surface area contributed by atoms with Crippen molar-refractivity contribution in [3.8, 4) is 0 Å². The number of primary amides is 1. The molecule has 0 saturated carbocycles. The predicted molar refractivity (Wildman–Crippen MR) is 138 cm³/mol. The number of aliphatic hydroxyl groups excluding tert-OH is 1. The maximum Gasteiger partial charge on any atom is 0.303 e. The van der Waals surface area contributed by atoms with Gasteiger partial charge in [0, 0.05) is 6.42 Å². The fourth-order valence-corrected chi connectivity index (χ4v) is 3.42. The molecule has 0 spiro atoms. The molecule has 14 heteroatoms. The second-order valence-electron chi connectivity index (χ2n) is 10.2. The van der Waals surface area contributed by atoms with Crippen molar-refractivity contribution in [2.45, 2.75) is 104 Å². The van der Waals surface area contributed by atoms with Crippen molar-refractivity contribution in [3.63, 3.8) is 0 Å². The number of carboxylic acid groups (broad SMARTS) is 1. The molecule has 0 aromatic rings. The minimum atomic E-state index is -1.37. The molecular formula is C24H44N6O8. The number of carbonyl (C=O) groups excluding carboxylic acids is 5. The first kappa shape index (κ1) is 34.7. The maximum atomic E-state index is 13.0. The molecule has 0 heterocycles. The normalized spacial score (nSPS) is 15.9. The molecule has 0 bridgehead atoms. The number of nitrogens with two attached hydrogens (primary N) is 2. The molecule has 0 aliphatic carbocycles. The highest BCUT2D eigenvalue weighted by molar-refractivity contribution is 5.92. The number of aliphatic hydroxyl groups is 1. The number of hydrogen-bond acceptors (Lipinski definition) is 8. The zero-order chi connectivity index (χ0) is 29.7. The topological polar surface area (TPSA) is 243 Å². The van der Waals surface area contributed by atoms with Gasteiger partial charge < -0.3 is 42.9 Å². The fraction of sp³-hybridized carbons (Fsp3) is 0.750. The van der Waals surface area contributed by atoms with E-state index in [1.807, 2.05) is 13.8 Å². The molecule has 0 rings (SSSR count). The second kappa shape index (κ2) is 16.6. The van der Waals surface area contributed by atoms with Gasteiger partial charge in [-0.2, -0.15) is 0 Å². The summed E-state index contributed by atoms with van der Waals surface area (Å²) in [7, 11) is 0. The number of hydrogen-bond donors (Lipinski definition) is 8. The third kappa shape index (κ3) is 13.3. The van der Waals surface area contributed by atoms with Gasteiger partial charge in [0.05, 0.1) is 24.6 Å². The average Bonchev–Trinajstić information content (AvgIpc) is 2.78. The van der Waals surface area contributed by atoms with Crippen molar-refractivity contribution in [1.82, 2.24) is 21.3 Å². The second-order valence-corrected chi connectivity index (χ2v) is 10.2. The quantitative estimate of drug-likeness (QED) is 0.102.